The molecule has 8 nitrogen and oxygen atoms in total. The minimum Gasteiger partial charge on any atom is -0.352 e. The number of hydrogen-bond donors (Lipinski definition) is 5. The lowest BCUT2D eigenvalue weighted by Crippen LogP contribution is -2.43. The number of hydrogen-bond acceptors (Lipinski definition) is 5. The Labute approximate surface area is 141 Å². The lowest BCUT2D eigenvalue weighted by Gasteiger charge is -2.25. The predicted molar refractivity (Wildman–Crippen MR) is 94.3 cm³/mol. The summed E-state index contributed by atoms with van der Waals surface area (Å²) < 4.78 is 2.10. The number of anilines is 1. The fourth-order valence-electron chi connectivity index (χ4n) is 2.68. The van der Waals surface area contributed by atoms with E-state index < -0.39 is 0 Å². The molecule has 128 valence electrons. The van der Waals surface area contributed by atoms with Gasteiger partial charge in [-0.1, -0.05) is 0 Å². The topological polar surface area (TPSA) is 94.5 Å². The zero-order valence-corrected chi connectivity index (χ0v) is 13.9. The van der Waals surface area contributed by atoms with Gasteiger partial charge in [-0.2, -0.15) is 0 Å². The molecule has 0 spiro atoms. The first kappa shape index (κ1) is 16.1. The molecule has 2 aliphatic rings. The molecule has 3 rings (SSSR count). The number of aromatic nitrogens is 1. The summed E-state index contributed by atoms with van der Waals surface area (Å²) in [6, 6.07) is 2.02. The second kappa shape index (κ2) is 7.22. The number of nitrogens with zero attached hydrogens (tertiary/aromatic N) is 2. The van der Waals surface area contributed by atoms with Crippen LogP contribution < -0.4 is 26.6 Å². The van der Waals surface area contributed by atoms with E-state index >= 15 is 0 Å². The van der Waals surface area contributed by atoms with Crippen molar-refractivity contribution in [3.63, 3.8) is 0 Å². The summed E-state index contributed by atoms with van der Waals surface area (Å²) in [5.74, 6) is 1.98. The largest absolute Gasteiger partial charge is 0.352 e. The van der Waals surface area contributed by atoms with E-state index in [1.54, 1.807) is 7.05 Å². The molecular formula is C16H23N7O. The Morgan fingerprint density at radius 2 is 2.21 bits per heavy atom. The lowest BCUT2D eigenvalue weighted by atomic mass is 10.2. The van der Waals surface area contributed by atoms with E-state index in [-0.39, 0.29) is 5.91 Å². The smallest absolute Gasteiger partial charge is 0.252 e. The van der Waals surface area contributed by atoms with Crippen molar-refractivity contribution in [3.8, 4) is 0 Å². The first-order chi connectivity index (χ1) is 11.7. The van der Waals surface area contributed by atoms with Crippen molar-refractivity contribution in [1.29, 1.82) is 0 Å². The molecule has 1 aromatic rings. The molecule has 0 atom stereocenters. The van der Waals surface area contributed by atoms with Crippen LogP contribution in [0.1, 0.15) is 6.42 Å². The quantitative estimate of drug-likeness (QED) is 0.523. The third kappa shape index (κ3) is 3.60. The minimum absolute atomic E-state index is 0.0948. The number of likely N-dealkylation sites (N-methyl/N-ethyl adjacent to an activating group) is 1. The van der Waals surface area contributed by atoms with Crippen LogP contribution in [0, 0.1) is 0 Å². The van der Waals surface area contributed by atoms with Crippen LogP contribution in [0.5, 0.6) is 0 Å². The van der Waals surface area contributed by atoms with Gasteiger partial charge in [0, 0.05) is 45.2 Å². The lowest BCUT2D eigenvalue weighted by molar-refractivity contribution is -0.117. The molecule has 24 heavy (non-hydrogen) atoms. The maximum atomic E-state index is 12.6. The van der Waals surface area contributed by atoms with Crippen molar-refractivity contribution in [2.75, 3.05) is 32.5 Å². The van der Waals surface area contributed by atoms with E-state index in [0.29, 0.717) is 30.3 Å². The van der Waals surface area contributed by atoms with Crippen LogP contribution in [0.4, 0.5) is 5.69 Å². The van der Waals surface area contributed by atoms with E-state index in [1.165, 1.54) is 0 Å². The summed E-state index contributed by atoms with van der Waals surface area (Å²) >= 11 is 0. The number of aliphatic imine (C=N–C) groups is 1. The number of carbonyl (C=O) groups excluding carboxylic acids is 1. The fourth-order valence-corrected chi connectivity index (χ4v) is 2.68. The maximum absolute atomic E-state index is 12.6. The Bertz CT molecular complexity index is 714. The Balaban J connectivity index is 1.99. The van der Waals surface area contributed by atoms with Gasteiger partial charge in [-0.05, 0) is 19.5 Å². The maximum Gasteiger partial charge on any atom is 0.252 e. The van der Waals surface area contributed by atoms with Crippen LogP contribution in [0.3, 0.4) is 0 Å². The number of amidine groups is 1. The van der Waals surface area contributed by atoms with Crippen molar-refractivity contribution in [2.45, 2.75) is 13.0 Å². The van der Waals surface area contributed by atoms with Gasteiger partial charge < -0.3 is 31.2 Å². The first-order valence-corrected chi connectivity index (χ1v) is 8.01. The Hall–Kier alpha value is -2.74. The van der Waals surface area contributed by atoms with Crippen LogP contribution in [-0.2, 0) is 11.3 Å². The van der Waals surface area contributed by atoms with Crippen LogP contribution >= 0.6 is 0 Å². The van der Waals surface area contributed by atoms with E-state index in [4.69, 9.17) is 0 Å². The number of nitrogens with one attached hydrogen (secondary N) is 5. The first-order valence-electron chi connectivity index (χ1n) is 8.01. The zero-order chi connectivity index (χ0) is 16.9. The average molecular weight is 329 g/mol. The predicted octanol–water partition coefficient (Wildman–Crippen LogP) is -0.0866. The number of carbonyl (C=O) groups is 1. The van der Waals surface area contributed by atoms with Crippen molar-refractivity contribution in [1.82, 2.24) is 25.8 Å². The number of rotatable bonds is 2. The van der Waals surface area contributed by atoms with Gasteiger partial charge in [0.1, 0.15) is 17.5 Å². The normalized spacial score (nSPS) is 22.8. The molecule has 2 aliphatic heterocycles. The fraction of sp³-hybridized carbons (Fsp3) is 0.375. The van der Waals surface area contributed by atoms with Gasteiger partial charge in [-0.25, -0.2) is 0 Å². The van der Waals surface area contributed by atoms with Crippen LogP contribution in [0.2, 0.25) is 0 Å². The number of fused-ring (bicyclic) bond motifs is 4. The molecule has 1 aromatic heterocycles. The molecule has 0 fully saturated rings. The molecule has 5 N–H and O–H groups in total. The second-order valence-electron chi connectivity index (χ2n) is 5.67. The summed E-state index contributed by atoms with van der Waals surface area (Å²) in [7, 11) is 3.53. The molecule has 0 radical (unpaired) electrons. The van der Waals surface area contributed by atoms with Crippen molar-refractivity contribution in [3.05, 3.63) is 41.8 Å². The molecule has 0 aromatic carbocycles. The summed E-state index contributed by atoms with van der Waals surface area (Å²) in [5.41, 5.74) is 1.60. The van der Waals surface area contributed by atoms with Crippen molar-refractivity contribution in [2.24, 2.45) is 4.99 Å². The van der Waals surface area contributed by atoms with Crippen molar-refractivity contribution < 1.29 is 4.79 Å². The van der Waals surface area contributed by atoms with E-state index in [9.17, 15) is 4.79 Å². The van der Waals surface area contributed by atoms with Gasteiger partial charge in [0.2, 0.25) is 0 Å². The third-order valence-corrected chi connectivity index (χ3v) is 3.87. The monoisotopic (exact) mass is 329 g/mol. The van der Waals surface area contributed by atoms with Gasteiger partial charge in [0.15, 0.2) is 0 Å². The summed E-state index contributed by atoms with van der Waals surface area (Å²) in [5, 5.41) is 15.8. The minimum atomic E-state index is -0.0948. The molecule has 0 saturated heterocycles. The van der Waals surface area contributed by atoms with Gasteiger partial charge in [0.05, 0.1) is 11.3 Å². The molecule has 0 aliphatic carbocycles. The Morgan fingerprint density at radius 1 is 1.33 bits per heavy atom. The second-order valence-corrected chi connectivity index (χ2v) is 5.67. The SMILES string of the molecule is CN=C1C=C2N/C(=C(/CNC)C(=O)NCCCn3ccc(c3)N2)N1. The highest BCUT2D eigenvalue weighted by Gasteiger charge is 2.20. The third-order valence-electron chi connectivity index (χ3n) is 3.87. The van der Waals surface area contributed by atoms with Crippen molar-refractivity contribution >= 4 is 17.4 Å². The standard InChI is InChI=1S/C16H23N7O/c1-17-9-12-15-21-13(18-2)8-14(22-15)20-11-4-7-23(10-11)6-3-5-19-16(12)24/h4,7-8,10,17,20,22H,3,5-6,9H2,1-2H3,(H,18,21)(H,19,24)/b15-12-. The van der Waals surface area contributed by atoms with Crippen LogP contribution in [0.25, 0.3) is 0 Å². The highest BCUT2D eigenvalue weighted by molar-refractivity contribution is 5.99. The Morgan fingerprint density at radius 3 is 3.00 bits per heavy atom. The molecule has 8 heteroatoms. The van der Waals surface area contributed by atoms with Crippen LogP contribution in [-0.4, -0.2) is 43.5 Å². The van der Waals surface area contributed by atoms with E-state index in [2.05, 4.69) is 36.1 Å². The summed E-state index contributed by atoms with van der Waals surface area (Å²) in [4.78, 5) is 16.8. The number of aryl methyl sites for hydroxylation is 1. The Kier molecular flexibility index (Phi) is 4.85. The average Bonchev–Trinajstić information content (AvgIpc) is 3.02. The molecule has 0 unspecified atom stereocenters. The molecule has 1 amide bonds. The molecule has 4 bridgehead atoms. The summed E-state index contributed by atoms with van der Waals surface area (Å²) in [6.45, 7) is 1.92. The van der Waals surface area contributed by atoms with Gasteiger partial charge in [-0.15, -0.1) is 0 Å². The molecule has 0 saturated carbocycles. The van der Waals surface area contributed by atoms with E-state index in [0.717, 1.165) is 24.5 Å². The van der Waals surface area contributed by atoms with Crippen LogP contribution in [0.15, 0.2) is 46.7 Å². The summed E-state index contributed by atoms with van der Waals surface area (Å²) in [6.07, 6.45) is 6.81. The zero-order valence-electron chi connectivity index (χ0n) is 13.9. The molecular weight excluding hydrogens is 306 g/mol. The highest BCUT2D eigenvalue weighted by atomic mass is 16.1. The highest BCUT2D eigenvalue weighted by Crippen LogP contribution is 2.14. The number of amides is 1. The molecule has 3 heterocycles. The van der Waals surface area contributed by atoms with Gasteiger partial charge >= 0.3 is 0 Å². The van der Waals surface area contributed by atoms with Gasteiger partial charge in [-0.3, -0.25) is 9.79 Å². The van der Waals surface area contributed by atoms with E-state index in [1.807, 2.05) is 31.6 Å². The van der Waals surface area contributed by atoms with Gasteiger partial charge in [0.25, 0.3) is 5.91 Å².